The normalized spacial score (nSPS) is 11.2. The minimum Gasteiger partial charge on any atom is -0.459 e. The van der Waals surface area contributed by atoms with Crippen LogP contribution in [0.15, 0.2) is 30.5 Å². The first-order valence-electron chi connectivity index (χ1n) is 7.15. The molecule has 0 aliphatic heterocycles. The van der Waals surface area contributed by atoms with E-state index in [-0.39, 0.29) is 6.10 Å². The van der Waals surface area contributed by atoms with Crippen molar-refractivity contribution >= 4 is 23.3 Å². The van der Waals surface area contributed by atoms with E-state index in [1.54, 1.807) is 26.8 Å². The van der Waals surface area contributed by atoms with E-state index in [0.717, 1.165) is 0 Å². The van der Waals surface area contributed by atoms with Crippen molar-refractivity contribution in [3.05, 3.63) is 46.7 Å². The van der Waals surface area contributed by atoms with E-state index < -0.39 is 5.97 Å². The van der Waals surface area contributed by atoms with Gasteiger partial charge in [-0.3, -0.25) is 0 Å². The molecular weight excluding hydrogens is 316 g/mol. The molecule has 118 valence electrons. The number of benzene rings is 1. The fourth-order valence-corrected chi connectivity index (χ4v) is 2.40. The molecule has 0 radical (unpaired) electrons. The number of nitrogens with zero attached hydrogens (tertiary/aromatic N) is 4. The molecule has 0 aliphatic carbocycles. The van der Waals surface area contributed by atoms with Gasteiger partial charge in [-0.25, -0.2) is 14.3 Å². The van der Waals surface area contributed by atoms with Crippen LogP contribution in [0.1, 0.15) is 29.9 Å². The van der Waals surface area contributed by atoms with Gasteiger partial charge in [0.05, 0.1) is 22.4 Å². The summed E-state index contributed by atoms with van der Waals surface area (Å²) >= 11 is 6.18. The molecule has 1 aromatic carbocycles. The van der Waals surface area contributed by atoms with Crippen molar-refractivity contribution in [1.82, 2.24) is 19.6 Å². The Morgan fingerprint density at radius 2 is 2.04 bits per heavy atom. The highest BCUT2D eigenvalue weighted by Crippen LogP contribution is 2.25. The number of esters is 1. The average Bonchev–Trinajstić information content (AvgIpc) is 2.92. The monoisotopic (exact) mass is 330 g/mol. The van der Waals surface area contributed by atoms with Gasteiger partial charge < -0.3 is 4.74 Å². The lowest BCUT2D eigenvalue weighted by Gasteiger charge is -2.09. The van der Waals surface area contributed by atoms with Crippen molar-refractivity contribution in [3.63, 3.8) is 0 Å². The lowest BCUT2D eigenvalue weighted by atomic mass is 10.2. The molecule has 0 bridgehead atoms. The van der Waals surface area contributed by atoms with Crippen LogP contribution in [0.2, 0.25) is 5.02 Å². The first-order valence-corrected chi connectivity index (χ1v) is 7.53. The second-order valence-corrected chi connectivity index (χ2v) is 5.75. The van der Waals surface area contributed by atoms with Gasteiger partial charge in [0, 0.05) is 11.8 Å². The van der Waals surface area contributed by atoms with Gasteiger partial charge in [-0.05, 0) is 32.9 Å². The number of halogens is 1. The van der Waals surface area contributed by atoms with Crippen molar-refractivity contribution < 1.29 is 9.53 Å². The van der Waals surface area contributed by atoms with Gasteiger partial charge in [0.1, 0.15) is 0 Å². The third-order valence-electron chi connectivity index (χ3n) is 3.28. The Morgan fingerprint density at radius 3 is 2.74 bits per heavy atom. The maximum absolute atomic E-state index is 12.1. The number of hydrogen-bond acceptors (Lipinski definition) is 5. The van der Waals surface area contributed by atoms with Gasteiger partial charge >= 0.3 is 5.97 Å². The van der Waals surface area contributed by atoms with Crippen LogP contribution in [0.5, 0.6) is 0 Å². The quantitative estimate of drug-likeness (QED) is 0.689. The molecule has 7 heteroatoms. The van der Waals surface area contributed by atoms with Gasteiger partial charge in [0.25, 0.3) is 5.78 Å². The summed E-state index contributed by atoms with van der Waals surface area (Å²) in [5.41, 5.74) is 1.69. The van der Waals surface area contributed by atoms with Gasteiger partial charge in [-0.2, -0.15) is 4.98 Å². The van der Waals surface area contributed by atoms with Crippen molar-refractivity contribution in [2.75, 3.05) is 0 Å². The van der Waals surface area contributed by atoms with Crippen molar-refractivity contribution in [2.45, 2.75) is 26.9 Å². The maximum Gasteiger partial charge on any atom is 0.341 e. The fourth-order valence-electron chi connectivity index (χ4n) is 2.18. The first kappa shape index (κ1) is 15.4. The third-order valence-corrected chi connectivity index (χ3v) is 3.61. The van der Waals surface area contributed by atoms with E-state index in [2.05, 4.69) is 15.1 Å². The third kappa shape index (κ3) is 2.90. The molecule has 0 spiro atoms. The number of carbonyl (C=O) groups is 1. The smallest absolute Gasteiger partial charge is 0.341 e. The lowest BCUT2D eigenvalue weighted by Crippen LogP contribution is -2.15. The number of hydrogen-bond donors (Lipinski definition) is 0. The molecule has 0 unspecified atom stereocenters. The Kier molecular flexibility index (Phi) is 4.00. The molecule has 6 nitrogen and oxygen atoms in total. The summed E-state index contributed by atoms with van der Waals surface area (Å²) < 4.78 is 6.74. The van der Waals surface area contributed by atoms with Crippen LogP contribution in [0.25, 0.3) is 17.2 Å². The minimum atomic E-state index is -0.429. The molecule has 2 aromatic heterocycles. The van der Waals surface area contributed by atoms with Crippen LogP contribution in [0.3, 0.4) is 0 Å². The van der Waals surface area contributed by atoms with Crippen molar-refractivity contribution in [2.24, 2.45) is 0 Å². The van der Waals surface area contributed by atoms with E-state index in [4.69, 9.17) is 16.3 Å². The number of aryl methyl sites for hydroxylation is 1. The van der Waals surface area contributed by atoms with E-state index >= 15 is 0 Å². The summed E-state index contributed by atoms with van der Waals surface area (Å²) in [6.07, 6.45) is 1.26. The number of fused-ring (bicyclic) bond motifs is 1. The summed E-state index contributed by atoms with van der Waals surface area (Å²) in [7, 11) is 0. The highest BCUT2D eigenvalue weighted by Gasteiger charge is 2.18. The highest BCUT2D eigenvalue weighted by atomic mass is 35.5. The Hall–Kier alpha value is -2.47. The van der Waals surface area contributed by atoms with Crippen LogP contribution in [0, 0.1) is 6.92 Å². The summed E-state index contributed by atoms with van der Waals surface area (Å²) in [6, 6.07) is 7.30. The van der Waals surface area contributed by atoms with Crippen LogP contribution >= 0.6 is 11.6 Å². The molecule has 0 aliphatic rings. The fraction of sp³-hybridized carbons (Fsp3) is 0.250. The molecule has 2 heterocycles. The molecule has 0 saturated heterocycles. The maximum atomic E-state index is 12.1. The Labute approximate surface area is 138 Å². The molecule has 3 rings (SSSR count). The van der Waals surface area contributed by atoms with E-state index in [1.807, 2.05) is 18.2 Å². The van der Waals surface area contributed by atoms with E-state index in [0.29, 0.717) is 33.4 Å². The summed E-state index contributed by atoms with van der Waals surface area (Å²) in [4.78, 5) is 20.7. The zero-order valence-electron chi connectivity index (χ0n) is 12.9. The molecule has 0 fully saturated rings. The van der Waals surface area contributed by atoms with Crippen LogP contribution in [-0.2, 0) is 4.74 Å². The van der Waals surface area contributed by atoms with Crippen molar-refractivity contribution in [3.8, 4) is 11.4 Å². The SMILES string of the molecule is Cc1c(C(=O)OC(C)C)cnc2nc(-c3ccccc3Cl)nn12. The topological polar surface area (TPSA) is 69.4 Å². The van der Waals surface area contributed by atoms with Crippen molar-refractivity contribution in [1.29, 1.82) is 0 Å². The molecule has 0 N–H and O–H groups in total. The van der Waals surface area contributed by atoms with E-state index in [1.165, 1.54) is 10.7 Å². The largest absolute Gasteiger partial charge is 0.459 e. The average molecular weight is 331 g/mol. The molecule has 23 heavy (non-hydrogen) atoms. The second-order valence-electron chi connectivity index (χ2n) is 5.34. The number of rotatable bonds is 3. The second kappa shape index (κ2) is 5.96. The summed E-state index contributed by atoms with van der Waals surface area (Å²) in [5.74, 6) is 0.431. The number of ether oxygens (including phenoxy) is 1. The summed E-state index contributed by atoms with van der Waals surface area (Å²) in [6.45, 7) is 5.37. The molecule has 0 amide bonds. The molecule has 0 saturated carbocycles. The zero-order valence-corrected chi connectivity index (χ0v) is 13.7. The first-order chi connectivity index (χ1) is 11.0. The molecule has 0 atom stereocenters. The lowest BCUT2D eigenvalue weighted by molar-refractivity contribution is 0.0375. The van der Waals surface area contributed by atoms with Gasteiger partial charge in [0.2, 0.25) is 0 Å². The Balaban J connectivity index is 2.09. The van der Waals surface area contributed by atoms with Crippen LogP contribution in [0.4, 0.5) is 0 Å². The molecule has 3 aromatic rings. The standard InChI is InChI=1S/C16H15ClN4O2/c1-9(2)23-15(22)12-8-18-16-19-14(20-21(16)10(12)3)11-6-4-5-7-13(11)17/h4-9H,1-3H3. The van der Waals surface area contributed by atoms with Gasteiger partial charge in [0.15, 0.2) is 5.82 Å². The predicted molar refractivity (Wildman–Crippen MR) is 86.5 cm³/mol. The number of aromatic nitrogens is 4. The van der Waals surface area contributed by atoms with Crippen LogP contribution in [-0.4, -0.2) is 31.7 Å². The minimum absolute atomic E-state index is 0.202. The number of carbonyl (C=O) groups excluding carboxylic acids is 1. The van der Waals surface area contributed by atoms with Gasteiger partial charge in [-0.1, -0.05) is 23.7 Å². The Morgan fingerprint density at radius 1 is 1.30 bits per heavy atom. The highest BCUT2D eigenvalue weighted by molar-refractivity contribution is 6.33. The van der Waals surface area contributed by atoms with Gasteiger partial charge in [-0.15, -0.1) is 5.10 Å². The predicted octanol–water partition coefficient (Wildman–Crippen LogP) is 3.32. The van der Waals surface area contributed by atoms with E-state index in [9.17, 15) is 4.79 Å². The van der Waals surface area contributed by atoms with Crippen LogP contribution < -0.4 is 0 Å². The summed E-state index contributed by atoms with van der Waals surface area (Å²) in [5, 5.41) is 4.97. The molecular formula is C16H15ClN4O2. The Bertz CT molecular complexity index is 889. The zero-order chi connectivity index (χ0) is 16.6.